The van der Waals surface area contributed by atoms with Gasteiger partial charge in [-0.3, -0.25) is 15.0 Å². The molecule has 0 spiro atoms. The van der Waals surface area contributed by atoms with Crippen LogP contribution in [0.4, 0.5) is 4.79 Å². The summed E-state index contributed by atoms with van der Waals surface area (Å²) in [7, 11) is 1.64. The van der Waals surface area contributed by atoms with Crippen molar-refractivity contribution in [3.05, 3.63) is 102 Å². The Balaban J connectivity index is 1.64. The van der Waals surface area contributed by atoms with Gasteiger partial charge >= 0.3 is 6.09 Å². The number of hydrogen-bond acceptors (Lipinski definition) is 6. The fourth-order valence-electron chi connectivity index (χ4n) is 3.69. The SMILES string of the molecule is COc1ccc(-c2cc(CN=C(NSc3ccccc3)NC(=O)OC(C)(C)C)cnc2-c2ccc(Cl)cc2)cc1. The molecule has 3 aromatic carbocycles. The van der Waals surface area contributed by atoms with Gasteiger partial charge in [0, 0.05) is 27.2 Å². The summed E-state index contributed by atoms with van der Waals surface area (Å²) in [6.07, 6.45) is 1.19. The van der Waals surface area contributed by atoms with Crippen molar-refractivity contribution in [2.24, 2.45) is 4.99 Å². The van der Waals surface area contributed by atoms with Crippen LogP contribution in [0, 0.1) is 0 Å². The third kappa shape index (κ3) is 8.49. The maximum Gasteiger partial charge on any atom is 0.414 e. The molecule has 1 aromatic heterocycles. The molecule has 40 heavy (non-hydrogen) atoms. The van der Waals surface area contributed by atoms with E-state index in [1.165, 1.54) is 11.9 Å². The molecule has 0 radical (unpaired) electrons. The largest absolute Gasteiger partial charge is 0.497 e. The zero-order valence-corrected chi connectivity index (χ0v) is 24.3. The van der Waals surface area contributed by atoms with Gasteiger partial charge in [0.25, 0.3) is 0 Å². The zero-order valence-electron chi connectivity index (χ0n) is 22.8. The van der Waals surface area contributed by atoms with Crippen LogP contribution >= 0.6 is 23.5 Å². The Bertz CT molecular complexity index is 1460. The van der Waals surface area contributed by atoms with Crippen LogP contribution in [0.25, 0.3) is 22.4 Å². The van der Waals surface area contributed by atoms with Crippen molar-refractivity contribution in [3.63, 3.8) is 0 Å². The number of pyridine rings is 1. The first-order valence-corrected chi connectivity index (χ1v) is 13.8. The highest BCUT2D eigenvalue weighted by Gasteiger charge is 2.18. The Morgan fingerprint density at radius 1 is 0.975 bits per heavy atom. The normalized spacial score (nSPS) is 11.6. The maximum atomic E-state index is 12.5. The number of carbonyl (C=O) groups excluding carboxylic acids is 1. The van der Waals surface area contributed by atoms with E-state index < -0.39 is 11.7 Å². The average Bonchev–Trinajstić information content (AvgIpc) is 2.94. The van der Waals surface area contributed by atoms with Gasteiger partial charge in [-0.1, -0.05) is 54.1 Å². The number of nitrogens with one attached hydrogen (secondary N) is 2. The van der Waals surface area contributed by atoms with Crippen molar-refractivity contribution in [3.8, 4) is 28.1 Å². The first kappa shape index (κ1) is 29.0. The summed E-state index contributed by atoms with van der Waals surface area (Å²) in [6, 6.07) is 27.2. The highest BCUT2D eigenvalue weighted by atomic mass is 35.5. The lowest BCUT2D eigenvalue weighted by Gasteiger charge is -2.20. The van der Waals surface area contributed by atoms with Crippen LogP contribution in [0.1, 0.15) is 26.3 Å². The zero-order chi connectivity index (χ0) is 28.5. The topological polar surface area (TPSA) is 84.8 Å². The quantitative estimate of drug-likeness (QED) is 0.133. The molecule has 1 heterocycles. The van der Waals surface area contributed by atoms with Crippen molar-refractivity contribution in [1.29, 1.82) is 0 Å². The van der Waals surface area contributed by atoms with E-state index in [1.807, 2.05) is 99.6 Å². The summed E-state index contributed by atoms with van der Waals surface area (Å²) in [5, 5.41) is 3.38. The number of aliphatic imine (C=N–C) groups is 1. The van der Waals surface area contributed by atoms with Gasteiger partial charge in [0.05, 0.1) is 19.3 Å². The van der Waals surface area contributed by atoms with E-state index >= 15 is 0 Å². The molecule has 0 atom stereocenters. The van der Waals surface area contributed by atoms with Gasteiger partial charge in [-0.2, -0.15) is 0 Å². The number of amides is 1. The molecule has 4 aromatic rings. The van der Waals surface area contributed by atoms with Gasteiger partial charge in [0.2, 0.25) is 5.96 Å². The van der Waals surface area contributed by atoms with Crippen LogP contribution in [-0.4, -0.2) is 29.7 Å². The van der Waals surface area contributed by atoms with Crippen molar-refractivity contribution < 1.29 is 14.3 Å². The number of carbonyl (C=O) groups is 1. The molecule has 0 unspecified atom stereocenters. The monoisotopic (exact) mass is 574 g/mol. The molecule has 7 nitrogen and oxygen atoms in total. The van der Waals surface area contributed by atoms with E-state index in [-0.39, 0.29) is 12.5 Å². The number of benzene rings is 3. The molecule has 206 valence electrons. The van der Waals surface area contributed by atoms with E-state index in [9.17, 15) is 4.79 Å². The Kier molecular flexibility index (Phi) is 9.69. The molecular formula is C31H31ClN4O3S. The second kappa shape index (κ2) is 13.4. The van der Waals surface area contributed by atoms with Crippen molar-refractivity contribution in [2.45, 2.75) is 37.8 Å². The van der Waals surface area contributed by atoms with Crippen molar-refractivity contribution >= 4 is 35.6 Å². The maximum absolute atomic E-state index is 12.5. The summed E-state index contributed by atoms with van der Waals surface area (Å²) >= 11 is 7.46. The lowest BCUT2D eigenvalue weighted by atomic mass is 9.98. The molecule has 0 aliphatic carbocycles. The molecule has 0 aliphatic heterocycles. The molecule has 2 N–H and O–H groups in total. The molecule has 0 aliphatic rings. The van der Waals surface area contributed by atoms with Crippen LogP contribution in [0.2, 0.25) is 5.02 Å². The number of ether oxygens (including phenoxy) is 2. The van der Waals surface area contributed by atoms with Gasteiger partial charge in [-0.25, -0.2) is 9.79 Å². The van der Waals surface area contributed by atoms with Crippen molar-refractivity contribution in [2.75, 3.05) is 7.11 Å². The Hall–Kier alpha value is -4.01. The Labute approximate surface area is 244 Å². The Morgan fingerprint density at radius 2 is 1.65 bits per heavy atom. The summed E-state index contributed by atoms with van der Waals surface area (Å²) in [4.78, 5) is 22.9. The minimum absolute atomic E-state index is 0.268. The molecule has 9 heteroatoms. The van der Waals surface area contributed by atoms with Gasteiger partial charge in [-0.15, -0.1) is 0 Å². The highest BCUT2D eigenvalue weighted by molar-refractivity contribution is 7.98. The van der Waals surface area contributed by atoms with E-state index in [0.29, 0.717) is 5.02 Å². The van der Waals surface area contributed by atoms with Gasteiger partial charge in [0.1, 0.15) is 11.4 Å². The standard InChI is InChI=1S/C31H31ClN4O3S/c1-31(2,3)39-30(37)35-29(36-40-26-8-6-5-7-9-26)34-20-21-18-27(22-12-16-25(38-4)17-13-22)28(33-19-21)23-10-14-24(32)15-11-23/h5-19H,20H2,1-4H3,(H2,34,35,36,37). The van der Waals surface area contributed by atoms with Crippen LogP contribution in [0.5, 0.6) is 5.75 Å². The summed E-state index contributed by atoms with van der Waals surface area (Å²) in [5.74, 6) is 1.04. The van der Waals surface area contributed by atoms with Crippen LogP contribution < -0.4 is 14.8 Å². The third-order valence-corrected chi connectivity index (χ3v) is 6.57. The van der Waals surface area contributed by atoms with Gasteiger partial charge in [0.15, 0.2) is 0 Å². The number of rotatable bonds is 7. The number of nitrogens with zero attached hydrogens (tertiary/aromatic N) is 2. The summed E-state index contributed by atoms with van der Waals surface area (Å²) in [6.45, 7) is 5.70. The molecular weight excluding hydrogens is 544 g/mol. The second-order valence-corrected chi connectivity index (χ2v) is 11.1. The number of methoxy groups -OCH3 is 1. The average molecular weight is 575 g/mol. The van der Waals surface area contributed by atoms with E-state index in [1.54, 1.807) is 13.3 Å². The van der Waals surface area contributed by atoms with Crippen molar-refractivity contribution in [1.82, 2.24) is 15.0 Å². The van der Waals surface area contributed by atoms with Crippen LogP contribution in [0.3, 0.4) is 0 Å². The number of halogens is 1. The second-order valence-electron chi connectivity index (χ2n) is 9.78. The fourth-order valence-corrected chi connectivity index (χ4v) is 4.44. The lowest BCUT2D eigenvalue weighted by Crippen LogP contribution is -2.41. The number of hydrogen-bond donors (Lipinski definition) is 2. The number of aromatic nitrogens is 1. The predicted molar refractivity (Wildman–Crippen MR) is 163 cm³/mol. The molecule has 0 saturated heterocycles. The van der Waals surface area contributed by atoms with Crippen LogP contribution in [-0.2, 0) is 11.3 Å². The molecule has 0 fully saturated rings. The number of alkyl carbamates (subject to hydrolysis) is 1. The van der Waals surface area contributed by atoms with Gasteiger partial charge < -0.3 is 9.47 Å². The Morgan fingerprint density at radius 3 is 2.30 bits per heavy atom. The van der Waals surface area contributed by atoms with E-state index in [2.05, 4.69) is 21.1 Å². The van der Waals surface area contributed by atoms with Crippen LogP contribution in [0.15, 0.2) is 101 Å². The predicted octanol–water partition coefficient (Wildman–Crippen LogP) is 7.76. The minimum atomic E-state index is -0.642. The summed E-state index contributed by atoms with van der Waals surface area (Å²) in [5.41, 5.74) is 3.90. The molecule has 4 rings (SSSR count). The molecule has 1 amide bonds. The highest BCUT2D eigenvalue weighted by Crippen LogP contribution is 2.33. The fraction of sp³-hybridized carbons (Fsp3) is 0.194. The van der Waals surface area contributed by atoms with E-state index in [4.69, 9.17) is 26.1 Å². The number of guanidine groups is 1. The summed E-state index contributed by atoms with van der Waals surface area (Å²) < 4.78 is 13.9. The lowest BCUT2D eigenvalue weighted by molar-refractivity contribution is 0.0562. The van der Waals surface area contributed by atoms with Gasteiger partial charge in [-0.05, 0) is 86.3 Å². The minimum Gasteiger partial charge on any atom is -0.497 e. The smallest absolute Gasteiger partial charge is 0.414 e. The first-order valence-electron chi connectivity index (χ1n) is 12.6. The molecule has 0 bridgehead atoms. The third-order valence-electron chi connectivity index (χ3n) is 5.51. The molecule has 0 saturated carbocycles. The first-order chi connectivity index (χ1) is 19.2. The van der Waals surface area contributed by atoms with E-state index in [0.717, 1.165) is 38.6 Å².